The van der Waals surface area contributed by atoms with E-state index >= 15 is 0 Å². The number of ether oxygens (including phenoxy) is 1. The largest absolute Gasteiger partial charge is 0.486 e. The Morgan fingerprint density at radius 3 is 3.09 bits per heavy atom. The summed E-state index contributed by atoms with van der Waals surface area (Å²) >= 11 is 0. The number of aryl methyl sites for hydroxylation is 2. The molecule has 116 valence electrons. The van der Waals surface area contributed by atoms with Crippen LogP contribution >= 0.6 is 0 Å². The summed E-state index contributed by atoms with van der Waals surface area (Å²) in [7, 11) is 0. The van der Waals surface area contributed by atoms with Gasteiger partial charge in [0.15, 0.2) is 0 Å². The Hall–Kier alpha value is -2.82. The van der Waals surface area contributed by atoms with E-state index in [4.69, 9.17) is 9.15 Å². The van der Waals surface area contributed by atoms with E-state index in [1.54, 1.807) is 25.3 Å². The molecule has 1 unspecified atom stereocenters. The summed E-state index contributed by atoms with van der Waals surface area (Å²) in [5, 5.41) is 9.92. The Bertz CT molecular complexity index is 913. The number of nitrogens with zero attached hydrogens (tertiary/aromatic N) is 1. The van der Waals surface area contributed by atoms with Gasteiger partial charge in [-0.15, -0.1) is 0 Å². The Morgan fingerprint density at radius 2 is 2.26 bits per heavy atom. The quantitative estimate of drug-likeness (QED) is 0.794. The van der Waals surface area contributed by atoms with E-state index in [2.05, 4.69) is 4.98 Å². The van der Waals surface area contributed by atoms with E-state index < -0.39 is 5.97 Å². The lowest BCUT2D eigenvalue weighted by Gasteiger charge is -2.14. The van der Waals surface area contributed by atoms with Gasteiger partial charge >= 0.3 is 5.97 Å². The first kappa shape index (κ1) is 13.8. The molecular formula is C18H15NO4. The maximum atomic E-state index is 11.4. The van der Waals surface area contributed by atoms with Gasteiger partial charge in [0.05, 0.1) is 0 Å². The molecule has 0 aliphatic heterocycles. The number of fused-ring (bicyclic) bond motifs is 2. The van der Waals surface area contributed by atoms with Crippen molar-refractivity contribution in [3.8, 4) is 5.75 Å². The van der Waals surface area contributed by atoms with Crippen LogP contribution in [0.2, 0.25) is 0 Å². The summed E-state index contributed by atoms with van der Waals surface area (Å²) in [6.45, 7) is 1.66. The number of rotatable bonds is 3. The third kappa shape index (κ3) is 2.25. The highest BCUT2D eigenvalue weighted by Crippen LogP contribution is 2.36. The summed E-state index contributed by atoms with van der Waals surface area (Å²) in [6, 6.07) is 7.32. The average molecular weight is 309 g/mol. The zero-order valence-corrected chi connectivity index (χ0v) is 12.6. The minimum Gasteiger partial charge on any atom is -0.486 e. The molecular weight excluding hydrogens is 294 g/mol. The number of pyridine rings is 1. The molecule has 0 fully saturated rings. The normalized spacial score (nSPS) is 16.5. The van der Waals surface area contributed by atoms with Gasteiger partial charge in [0, 0.05) is 23.3 Å². The highest BCUT2D eigenvalue weighted by atomic mass is 16.5. The van der Waals surface area contributed by atoms with Crippen molar-refractivity contribution in [3.63, 3.8) is 0 Å². The highest BCUT2D eigenvalue weighted by molar-refractivity contribution is 6.03. The summed E-state index contributed by atoms with van der Waals surface area (Å²) in [5.41, 5.74) is 3.12. The fraction of sp³-hybridized carbons (Fsp3) is 0.222. The third-order valence-electron chi connectivity index (χ3n) is 4.30. The van der Waals surface area contributed by atoms with Crippen molar-refractivity contribution in [2.24, 2.45) is 0 Å². The van der Waals surface area contributed by atoms with Gasteiger partial charge in [-0.25, -0.2) is 4.79 Å². The number of carboxylic acids is 1. The molecule has 2 heterocycles. The summed E-state index contributed by atoms with van der Waals surface area (Å²) in [6.07, 6.45) is 5.46. The van der Waals surface area contributed by atoms with Gasteiger partial charge in [-0.2, -0.15) is 0 Å². The third-order valence-corrected chi connectivity index (χ3v) is 4.30. The minimum atomic E-state index is -0.992. The molecule has 1 aliphatic carbocycles. The number of carbonyl (C=O) groups is 1. The number of carboxylic acid groups (broad SMARTS) is 1. The second-order valence-electron chi connectivity index (χ2n) is 5.72. The van der Waals surface area contributed by atoms with Crippen molar-refractivity contribution in [2.75, 3.05) is 0 Å². The van der Waals surface area contributed by atoms with Crippen LogP contribution in [-0.2, 0) is 6.42 Å². The van der Waals surface area contributed by atoms with Crippen molar-refractivity contribution < 1.29 is 19.1 Å². The maximum Gasteiger partial charge on any atom is 0.339 e. The molecule has 0 saturated carbocycles. The Kier molecular flexibility index (Phi) is 3.08. The van der Waals surface area contributed by atoms with Crippen molar-refractivity contribution in [1.29, 1.82) is 0 Å². The fourth-order valence-electron chi connectivity index (χ4n) is 3.22. The van der Waals surface area contributed by atoms with E-state index in [1.165, 1.54) is 5.56 Å². The molecule has 0 bridgehead atoms. The molecule has 1 N–H and O–H groups in total. The molecule has 0 saturated heterocycles. The first-order valence-corrected chi connectivity index (χ1v) is 7.49. The smallest absolute Gasteiger partial charge is 0.339 e. The van der Waals surface area contributed by atoms with Crippen molar-refractivity contribution in [3.05, 3.63) is 59.1 Å². The van der Waals surface area contributed by atoms with Crippen molar-refractivity contribution in [2.45, 2.75) is 25.9 Å². The first-order chi connectivity index (χ1) is 11.1. The minimum absolute atomic E-state index is 0.0440. The van der Waals surface area contributed by atoms with Crippen molar-refractivity contribution in [1.82, 2.24) is 4.98 Å². The molecule has 0 amide bonds. The van der Waals surface area contributed by atoms with Crippen LogP contribution in [0.25, 0.3) is 11.0 Å². The van der Waals surface area contributed by atoms with Gasteiger partial charge in [0.2, 0.25) is 0 Å². The van der Waals surface area contributed by atoms with Gasteiger partial charge in [0.25, 0.3) is 0 Å². The standard InChI is InChI=1S/C18H15NO4/c1-10-17(18(20)21)13-8-12(3-5-15(13)22-10)23-16-4-2-11-6-7-19-9-14(11)16/h3,5-9,16H,2,4H2,1H3,(H,20,21). The van der Waals surface area contributed by atoms with Gasteiger partial charge in [0.1, 0.15) is 28.8 Å². The fourth-order valence-corrected chi connectivity index (χ4v) is 3.22. The molecule has 23 heavy (non-hydrogen) atoms. The van der Waals surface area contributed by atoms with Crippen molar-refractivity contribution >= 4 is 16.9 Å². The van der Waals surface area contributed by atoms with Crippen LogP contribution in [0.4, 0.5) is 0 Å². The van der Waals surface area contributed by atoms with E-state index in [1.807, 2.05) is 18.3 Å². The molecule has 0 radical (unpaired) electrons. The molecule has 1 atom stereocenters. The van der Waals surface area contributed by atoms with Crippen LogP contribution < -0.4 is 4.74 Å². The SMILES string of the molecule is Cc1oc2ccc(OC3CCc4ccncc43)cc2c1C(=O)O. The lowest BCUT2D eigenvalue weighted by Crippen LogP contribution is -2.04. The molecule has 0 spiro atoms. The zero-order chi connectivity index (χ0) is 16.0. The maximum absolute atomic E-state index is 11.4. The van der Waals surface area contributed by atoms with Gasteiger partial charge in [-0.05, 0) is 49.6 Å². The Labute approximate surface area is 132 Å². The van der Waals surface area contributed by atoms with Gasteiger partial charge < -0.3 is 14.3 Å². The molecule has 5 heteroatoms. The van der Waals surface area contributed by atoms with E-state index in [-0.39, 0.29) is 11.7 Å². The number of aromatic nitrogens is 1. The number of benzene rings is 1. The molecule has 4 rings (SSSR count). The molecule has 2 aromatic heterocycles. The van der Waals surface area contributed by atoms with Gasteiger partial charge in [-0.1, -0.05) is 0 Å². The summed E-state index contributed by atoms with van der Waals surface area (Å²) < 4.78 is 11.6. The second-order valence-corrected chi connectivity index (χ2v) is 5.72. The van der Waals surface area contributed by atoms with E-state index in [9.17, 15) is 9.90 Å². The number of hydrogen-bond donors (Lipinski definition) is 1. The second kappa shape index (κ2) is 5.12. The lowest BCUT2D eigenvalue weighted by molar-refractivity contribution is 0.0697. The molecule has 1 aliphatic rings. The predicted octanol–water partition coefficient (Wildman–Crippen LogP) is 3.90. The Morgan fingerprint density at radius 1 is 1.39 bits per heavy atom. The van der Waals surface area contributed by atoms with Crippen LogP contribution in [0, 0.1) is 6.92 Å². The highest BCUT2D eigenvalue weighted by Gasteiger charge is 2.25. The van der Waals surface area contributed by atoms with Crippen LogP contribution in [0.15, 0.2) is 41.1 Å². The lowest BCUT2D eigenvalue weighted by atomic mass is 10.1. The first-order valence-electron chi connectivity index (χ1n) is 7.49. The molecule has 5 nitrogen and oxygen atoms in total. The van der Waals surface area contributed by atoms with Crippen LogP contribution in [-0.4, -0.2) is 16.1 Å². The monoisotopic (exact) mass is 309 g/mol. The summed E-state index contributed by atoms with van der Waals surface area (Å²) in [4.78, 5) is 15.6. The van der Waals surface area contributed by atoms with Crippen LogP contribution in [0.5, 0.6) is 5.75 Å². The summed E-state index contributed by atoms with van der Waals surface area (Å²) in [5.74, 6) is 0.0522. The topological polar surface area (TPSA) is 72.6 Å². The van der Waals surface area contributed by atoms with Gasteiger partial charge in [-0.3, -0.25) is 4.98 Å². The van der Waals surface area contributed by atoms with E-state index in [0.29, 0.717) is 22.5 Å². The van der Waals surface area contributed by atoms with E-state index in [0.717, 1.165) is 18.4 Å². The average Bonchev–Trinajstić information content (AvgIpc) is 3.07. The molecule has 3 aromatic rings. The Balaban J connectivity index is 1.71. The number of aromatic carboxylic acids is 1. The number of furan rings is 1. The van der Waals surface area contributed by atoms with Crippen LogP contribution in [0.1, 0.15) is 39.8 Å². The van der Waals surface area contributed by atoms with Crippen LogP contribution in [0.3, 0.4) is 0 Å². The number of hydrogen-bond acceptors (Lipinski definition) is 4. The zero-order valence-electron chi connectivity index (χ0n) is 12.6. The predicted molar refractivity (Wildman–Crippen MR) is 83.8 cm³/mol. The molecule has 1 aromatic carbocycles.